The Morgan fingerprint density at radius 3 is 2.68 bits per heavy atom. The molecule has 0 fully saturated rings. The van der Waals surface area contributed by atoms with Gasteiger partial charge in [-0.2, -0.15) is 0 Å². The molecule has 0 aromatic heterocycles. The number of rotatable bonds is 6. The third kappa shape index (κ3) is 4.35. The van der Waals surface area contributed by atoms with Crippen molar-refractivity contribution in [3.63, 3.8) is 0 Å². The van der Waals surface area contributed by atoms with Crippen molar-refractivity contribution in [3.8, 4) is 0 Å². The van der Waals surface area contributed by atoms with Gasteiger partial charge >= 0.3 is 0 Å². The van der Waals surface area contributed by atoms with E-state index in [4.69, 9.17) is 0 Å². The fraction of sp³-hybridized carbons (Fsp3) is 0.357. The SMILES string of the molecule is C=C(C)CN(CC)C(=O)CNc1cccc(F)c1F. The van der Waals surface area contributed by atoms with E-state index in [1.54, 1.807) is 4.90 Å². The average molecular weight is 268 g/mol. The van der Waals surface area contributed by atoms with E-state index < -0.39 is 11.6 Å². The van der Waals surface area contributed by atoms with E-state index in [1.165, 1.54) is 12.1 Å². The van der Waals surface area contributed by atoms with Crippen molar-refractivity contribution >= 4 is 11.6 Å². The molecular formula is C14H18F2N2O. The van der Waals surface area contributed by atoms with Crippen molar-refractivity contribution in [1.82, 2.24) is 4.90 Å². The topological polar surface area (TPSA) is 32.3 Å². The van der Waals surface area contributed by atoms with Crippen molar-refractivity contribution in [3.05, 3.63) is 42.0 Å². The van der Waals surface area contributed by atoms with Crippen LogP contribution in [0.15, 0.2) is 30.4 Å². The molecular weight excluding hydrogens is 250 g/mol. The van der Waals surface area contributed by atoms with E-state index >= 15 is 0 Å². The number of likely N-dealkylation sites (N-methyl/N-ethyl adjacent to an activating group) is 1. The first-order chi connectivity index (χ1) is 8.95. The maximum atomic E-state index is 13.4. The molecule has 1 aromatic carbocycles. The van der Waals surface area contributed by atoms with Crippen LogP contribution < -0.4 is 5.32 Å². The van der Waals surface area contributed by atoms with Gasteiger partial charge in [-0.3, -0.25) is 4.79 Å². The summed E-state index contributed by atoms with van der Waals surface area (Å²) in [6, 6.07) is 3.80. The molecule has 19 heavy (non-hydrogen) atoms. The Morgan fingerprint density at radius 1 is 1.42 bits per heavy atom. The molecule has 0 saturated carbocycles. The van der Waals surface area contributed by atoms with E-state index in [-0.39, 0.29) is 18.1 Å². The van der Waals surface area contributed by atoms with Crippen molar-refractivity contribution in [2.24, 2.45) is 0 Å². The minimum absolute atomic E-state index is 0.0141. The van der Waals surface area contributed by atoms with Gasteiger partial charge in [-0.1, -0.05) is 18.2 Å². The maximum Gasteiger partial charge on any atom is 0.242 e. The number of nitrogens with one attached hydrogen (secondary N) is 1. The number of carbonyl (C=O) groups is 1. The first-order valence-electron chi connectivity index (χ1n) is 6.05. The Bertz CT molecular complexity index is 475. The lowest BCUT2D eigenvalue weighted by Crippen LogP contribution is -2.36. The van der Waals surface area contributed by atoms with Gasteiger partial charge in [-0.05, 0) is 26.0 Å². The standard InChI is InChI=1S/C14H18F2N2O/c1-4-18(9-10(2)3)13(19)8-17-12-7-5-6-11(15)14(12)16/h5-7,17H,2,4,8-9H2,1,3H3. The third-order valence-corrected chi connectivity index (χ3v) is 2.58. The molecule has 0 saturated heterocycles. The summed E-state index contributed by atoms with van der Waals surface area (Å²) in [5, 5.41) is 2.61. The lowest BCUT2D eigenvalue weighted by molar-refractivity contribution is -0.128. The Balaban J connectivity index is 2.62. The molecule has 0 unspecified atom stereocenters. The van der Waals surface area contributed by atoms with Gasteiger partial charge in [0, 0.05) is 13.1 Å². The number of amides is 1. The number of halogens is 2. The molecule has 1 N–H and O–H groups in total. The Labute approximate surface area is 111 Å². The van der Waals surface area contributed by atoms with Crippen molar-refractivity contribution < 1.29 is 13.6 Å². The molecule has 0 heterocycles. The minimum atomic E-state index is -0.974. The van der Waals surface area contributed by atoms with Crippen LogP contribution in [0.4, 0.5) is 14.5 Å². The number of hydrogen-bond donors (Lipinski definition) is 1. The zero-order valence-electron chi connectivity index (χ0n) is 11.2. The second kappa shape index (κ2) is 6.87. The molecule has 0 spiro atoms. The van der Waals surface area contributed by atoms with Gasteiger partial charge in [0.15, 0.2) is 11.6 Å². The van der Waals surface area contributed by atoms with E-state index in [1.807, 2.05) is 13.8 Å². The van der Waals surface area contributed by atoms with Crippen molar-refractivity contribution in [2.75, 3.05) is 25.0 Å². The minimum Gasteiger partial charge on any atom is -0.374 e. The van der Waals surface area contributed by atoms with Crippen LogP contribution in [-0.2, 0) is 4.79 Å². The molecule has 0 aliphatic rings. The molecule has 0 aliphatic carbocycles. The molecule has 3 nitrogen and oxygen atoms in total. The van der Waals surface area contributed by atoms with Crippen LogP contribution >= 0.6 is 0 Å². The summed E-state index contributed by atoms with van der Waals surface area (Å²) in [5.74, 6) is -2.10. The quantitative estimate of drug-likeness (QED) is 0.805. The zero-order valence-corrected chi connectivity index (χ0v) is 11.2. The van der Waals surface area contributed by atoms with Crippen molar-refractivity contribution in [2.45, 2.75) is 13.8 Å². The summed E-state index contributed by atoms with van der Waals surface area (Å²) in [4.78, 5) is 13.5. The molecule has 5 heteroatoms. The third-order valence-electron chi connectivity index (χ3n) is 2.58. The summed E-state index contributed by atoms with van der Waals surface area (Å²) in [6.45, 7) is 8.34. The molecule has 0 radical (unpaired) electrons. The summed E-state index contributed by atoms with van der Waals surface area (Å²) in [5.41, 5.74) is 0.854. The number of carbonyl (C=O) groups excluding carboxylic acids is 1. The largest absolute Gasteiger partial charge is 0.374 e. The fourth-order valence-electron chi connectivity index (χ4n) is 1.63. The molecule has 0 bridgehead atoms. The highest BCUT2D eigenvalue weighted by molar-refractivity contribution is 5.81. The molecule has 104 valence electrons. The first-order valence-corrected chi connectivity index (χ1v) is 6.05. The van der Waals surface area contributed by atoms with Crippen LogP contribution in [0.25, 0.3) is 0 Å². The first kappa shape index (κ1) is 15.1. The molecule has 1 amide bonds. The van der Waals surface area contributed by atoms with Gasteiger partial charge in [-0.15, -0.1) is 0 Å². The lowest BCUT2D eigenvalue weighted by Gasteiger charge is -2.21. The smallest absolute Gasteiger partial charge is 0.242 e. The van der Waals surface area contributed by atoms with E-state index in [2.05, 4.69) is 11.9 Å². The predicted octanol–water partition coefficient (Wildman–Crippen LogP) is 2.80. The Morgan fingerprint density at radius 2 is 2.11 bits per heavy atom. The molecule has 1 rings (SSSR count). The van der Waals surface area contributed by atoms with E-state index in [9.17, 15) is 13.6 Å². The Hall–Kier alpha value is -1.91. The second-order valence-corrected chi connectivity index (χ2v) is 4.32. The summed E-state index contributed by atoms with van der Waals surface area (Å²) in [6.07, 6.45) is 0. The van der Waals surface area contributed by atoms with Crippen LogP contribution in [0.2, 0.25) is 0 Å². The summed E-state index contributed by atoms with van der Waals surface area (Å²) in [7, 11) is 0. The lowest BCUT2D eigenvalue weighted by atomic mass is 10.3. The Kier molecular flexibility index (Phi) is 5.48. The van der Waals surface area contributed by atoms with Gasteiger partial charge in [-0.25, -0.2) is 8.78 Å². The summed E-state index contributed by atoms with van der Waals surface area (Å²) >= 11 is 0. The number of hydrogen-bond acceptors (Lipinski definition) is 2. The van der Waals surface area contributed by atoms with Crippen LogP contribution in [0.5, 0.6) is 0 Å². The fourth-order valence-corrected chi connectivity index (χ4v) is 1.63. The summed E-state index contributed by atoms with van der Waals surface area (Å²) < 4.78 is 26.3. The second-order valence-electron chi connectivity index (χ2n) is 4.32. The van der Waals surface area contributed by atoms with Crippen molar-refractivity contribution in [1.29, 1.82) is 0 Å². The molecule has 0 aliphatic heterocycles. The van der Waals surface area contributed by atoms with E-state index in [0.717, 1.165) is 11.6 Å². The number of benzene rings is 1. The number of anilines is 1. The zero-order chi connectivity index (χ0) is 14.4. The van der Waals surface area contributed by atoms with Gasteiger partial charge in [0.2, 0.25) is 5.91 Å². The highest BCUT2D eigenvalue weighted by Gasteiger charge is 2.13. The van der Waals surface area contributed by atoms with Crippen LogP contribution in [0, 0.1) is 11.6 Å². The highest BCUT2D eigenvalue weighted by Crippen LogP contribution is 2.16. The predicted molar refractivity (Wildman–Crippen MR) is 71.9 cm³/mol. The van der Waals surface area contributed by atoms with Gasteiger partial charge < -0.3 is 10.2 Å². The van der Waals surface area contributed by atoms with Gasteiger partial charge in [0.1, 0.15) is 0 Å². The highest BCUT2D eigenvalue weighted by atomic mass is 19.2. The van der Waals surface area contributed by atoms with E-state index in [0.29, 0.717) is 13.1 Å². The van der Waals surface area contributed by atoms with Crippen LogP contribution in [0.1, 0.15) is 13.8 Å². The maximum absolute atomic E-state index is 13.4. The van der Waals surface area contributed by atoms with Crippen LogP contribution in [-0.4, -0.2) is 30.4 Å². The normalized spacial score (nSPS) is 10.1. The van der Waals surface area contributed by atoms with Crippen LogP contribution in [0.3, 0.4) is 0 Å². The average Bonchev–Trinajstić information content (AvgIpc) is 2.37. The van der Waals surface area contributed by atoms with Gasteiger partial charge in [0.05, 0.1) is 12.2 Å². The number of nitrogens with zero attached hydrogens (tertiary/aromatic N) is 1. The monoisotopic (exact) mass is 268 g/mol. The molecule has 1 aromatic rings. The molecule has 0 atom stereocenters. The van der Waals surface area contributed by atoms with Gasteiger partial charge in [0.25, 0.3) is 0 Å².